The molecule has 66 valence electrons. The number of nitrogens with zero attached hydrogens (tertiary/aromatic N) is 2. The van der Waals surface area contributed by atoms with E-state index in [4.69, 9.17) is 6.42 Å². The largest absolute Gasteiger partial charge is 0.293 e. The quantitative estimate of drug-likeness (QED) is 0.501. The first-order valence-electron chi connectivity index (χ1n) is 3.92. The van der Waals surface area contributed by atoms with E-state index >= 15 is 0 Å². The summed E-state index contributed by atoms with van der Waals surface area (Å²) in [6.07, 6.45) is 5.17. The van der Waals surface area contributed by atoms with Crippen LogP contribution < -0.4 is 0 Å². The van der Waals surface area contributed by atoms with Crippen LogP contribution in [0.3, 0.4) is 0 Å². The zero-order valence-electron chi connectivity index (χ0n) is 7.66. The lowest BCUT2D eigenvalue weighted by molar-refractivity contribution is 0.0997. The standard InChI is InChI=1S/C10H10N2O/c1-4-5-10(13)9-6-7(2)11-12-8(9)3/h1,6H,5H2,2-3H3. The average Bonchev–Trinajstić information content (AvgIpc) is 2.09. The fourth-order valence-corrected chi connectivity index (χ4v) is 1.02. The van der Waals surface area contributed by atoms with E-state index in [9.17, 15) is 4.79 Å². The molecule has 0 aliphatic heterocycles. The van der Waals surface area contributed by atoms with Crippen molar-refractivity contribution in [1.82, 2.24) is 10.2 Å². The molecule has 0 fully saturated rings. The SMILES string of the molecule is C#CCC(=O)c1cc(C)nnc1C. The lowest BCUT2D eigenvalue weighted by Gasteiger charge is -2.01. The number of Topliss-reactive ketones (excluding diaryl/α,β-unsaturated/α-hetero) is 1. The van der Waals surface area contributed by atoms with Crippen LogP contribution in [0.2, 0.25) is 0 Å². The van der Waals surface area contributed by atoms with Crippen LogP contribution in [-0.4, -0.2) is 16.0 Å². The maximum absolute atomic E-state index is 11.4. The van der Waals surface area contributed by atoms with E-state index in [-0.39, 0.29) is 12.2 Å². The number of hydrogen-bond donors (Lipinski definition) is 0. The summed E-state index contributed by atoms with van der Waals surface area (Å²) in [4.78, 5) is 11.4. The number of aromatic nitrogens is 2. The molecule has 0 aliphatic rings. The van der Waals surface area contributed by atoms with Crippen molar-refractivity contribution in [2.45, 2.75) is 20.3 Å². The Kier molecular flexibility index (Phi) is 2.76. The molecule has 0 unspecified atom stereocenters. The molecule has 13 heavy (non-hydrogen) atoms. The highest BCUT2D eigenvalue weighted by molar-refractivity contribution is 5.98. The van der Waals surface area contributed by atoms with Crippen molar-refractivity contribution in [2.24, 2.45) is 0 Å². The summed E-state index contributed by atoms with van der Waals surface area (Å²) in [6.45, 7) is 3.54. The Hall–Kier alpha value is -1.69. The molecule has 0 aromatic carbocycles. The van der Waals surface area contributed by atoms with Gasteiger partial charge in [0.2, 0.25) is 0 Å². The van der Waals surface area contributed by atoms with Gasteiger partial charge in [-0.1, -0.05) is 5.92 Å². The topological polar surface area (TPSA) is 42.9 Å². The number of aryl methyl sites for hydroxylation is 2. The maximum Gasteiger partial charge on any atom is 0.176 e. The van der Waals surface area contributed by atoms with E-state index in [1.807, 2.05) is 0 Å². The Morgan fingerprint density at radius 3 is 2.85 bits per heavy atom. The zero-order chi connectivity index (χ0) is 9.84. The molecule has 1 aromatic rings. The Morgan fingerprint density at radius 1 is 1.54 bits per heavy atom. The van der Waals surface area contributed by atoms with Crippen molar-refractivity contribution in [3.63, 3.8) is 0 Å². The van der Waals surface area contributed by atoms with Gasteiger partial charge in [-0.2, -0.15) is 10.2 Å². The second-order valence-electron chi connectivity index (χ2n) is 2.79. The lowest BCUT2D eigenvalue weighted by Crippen LogP contribution is -2.04. The zero-order valence-corrected chi connectivity index (χ0v) is 7.66. The first kappa shape index (κ1) is 9.40. The molecule has 0 aliphatic carbocycles. The minimum Gasteiger partial charge on any atom is -0.293 e. The lowest BCUT2D eigenvalue weighted by atomic mass is 10.1. The van der Waals surface area contributed by atoms with Gasteiger partial charge in [-0.05, 0) is 19.9 Å². The van der Waals surface area contributed by atoms with Gasteiger partial charge < -0.3 is 0 Å². The molecule has 0 bridgehead atoms. The summed E-state index contributed by atoms with van der Waals surface area (Å²) in [5.74, 6) is 2.24. The highest BCUT2D eigenvalue weighted by atomic mass is 16.1. The molecule has 0 atom stereocenters. The van der Waals surface area contributed by atoms with Crippen LogP contribution in [0.1, 0.15) is 28.2 Å². The van der Waals surface area contributed by atoms with Crippen molar-refractivity contribution in [3.05, 3.63) is 23.0 Å². The van der Waals surface area contributed by atoms with Gasteiger partial charge in [0.15, 0.2) is 5.78 Å². The van der Waals surface area contributed by atoms with Crippen molar-refractivity contribution in [2.75, 3.05) is 0 Å². The highest BCUT2D eigenvalue weighted by Gasteiger charge is 2.09. The summed E-state index contributed by atoms with van der Waals surface area (Å²) < 4.78 is 0. The predicted octanol–water partition coefficient (Wildman–Crippen LogP) is 1.30. The first-order chi connectivity index (χ1) is 6.15. The predicted molar refractivity (Wildman–Crippen MR) is 49.3 cm³/mol. The van der Waals surface area contributed by atoms with Crippen LogP contribution in [0, 0.1) is 26.2 Å². The molecule has 0 saturated heterocycles. The first-order valence-corrected chi connectivity index (χ1v) is 3.92. The molecule has 0 saturated carbocycles. The van der Waals surface area contributed by atoms with Gasteiger partial charge in [-0.3, -0.25) is 4.79 Å². The van der Waals surface area contributed by atoms with Gasteiger partial charge in [0.05, 0.1) is 17.8 Å². The third-order valence-electron chi connectivity index (χ3n) is 1.66. The summed E-state index contributed by atoms with van der Waals surface area (Å²) in [5.41, 5.74) is 1.93. The number of rotatable bonds is 2. The van der Waals surface area contributed by atoms with E-state index in [0.717, 1.165) is 5.69 Å². The van der Waals surface area contributed by atoms with Crippen molar-refractivity contribution < 1.29 is 4.79 Å². The summed E-state index contributed by atoms with van der Waals surface area (Å²) in [6, 6.07) is 1.71. The van der Waals surface area contributed by atoms with Gasteiger partial charge in [-0.15, -0.1) is 6.42 Å². The molecule has 0 spiro atoms. The molecular formula is C10H10N2O. The smallest absolute Gasteiger partial charge is 0.176 e. The van der Waals surface area contributed by atoms with Crippen LogP contribution in [0.4, 0.5) is 0 Å². The molecule has 0 radical (unpaired) electrons. The van der Waals surface area contributed by atoms with Gasteiger partial charge in [0, 0.05) is 5.56 Å². The number of carbonyl (C=O) groups excluding carboxylic acids is 1. The van der Waals surface area contributed by atoms with Gasteiger partial charge in [0.25, 0.3) is 0 Å². The Morgan fingerprint density at radius 2 is 2.23 bits per heavy atom. The normalized spacial score (nSPS) is 9.31. The summed E-state index contributed by atoms with van der Waals surface area (Å²) in [5, 5.41) is 7.67. The monoisotopic (exact) mass is 174 g/mol. The molecule has 0 amide bonds. The summed E-state index contributed by atoms with van der Waals surface area (Å²) in [7, 11) is 0. The van der Waals surface area contributed by atoms with E-state index in [2.05, 4.69) is 16.1 Å². The van der Waals surface area contributed by atoms with Crippen molar-refractivity contribution >= 4 is 5.78 Å². The number of ketones is 1. The molecule has 1 rings (SSSR count). The Bertz CT molecular complexity index is 377. The molecule has 3 nitrogen and oxygen atoms in total. The third-order valence-corrected chi connectivity index (χ3v) is 1.66. The molecule has 3 heteroatoms. The number of carbonyl (C=O) groups is 1. The fraction of sp³-hybridized carbons (Fsp3) is 0.300. The second-order valence-corrected chi connectivity index (χ2v) is 2.79. The van der Waals surface area contributed by atoms with Gasteiger partial charge >= 0.3 is 0 Å². The van der Waals surface area contributed by atoms with E-state index in [1.165, 1.54) is 0 Å². The Labute approximate surface area is 77.2 Å². The molecule has 1 heterocycles. The number of terminal acetylenes is 1. The van der Waals surface area contributed by atoms with Crippen LogP contribution in [0.5, 0.6) is 0 Å². The highest BCUT2D eigenvalue weighted by Crippen LogP contribution is 2.07. The minimum atomic E-state index is -0.0713. The van der Waals surface area contributed by atoms with E-state index in [1.54, 1.807) is 19.9 Å². The molecule has 0 N–H and O–H groups in total. The van der Waals surface area contributed by atoms with Crippen LogP contribution in [-0.2, 0) is 0 Å². The average molecular weight is 174 g/mol. The van der Waals surface area contributed by atoms with Crippen molar-refractivity contribution in [1.29, 1.82) is 0 Å². The third kappa shape index (κ3) is 2.12. The number of hydrogen-bond acceptors (Lipinski definition) is 3. The maximum atomic E-state index is 11.4. The van der Waals surface area contributed by atoms with Crippen LogP contribution >= 0.6 is 0 Å². The van der Waals surface area contributed by atoms with Crippen molar-refractivity contribution in [3.8, 4) is 12.3 Å². The Balaban J connectivity index is 3.07. The fourth-order valence-electron chi connectivity index (χ4n) is 1.02. The van der Waals surface area contributed by atoms with E-state index < -0.39 is 0 Å². The second kappa shape index (κ2) is 3.81. The van der Waals surface area contributed by atoms with Crippen LogP contribution in [0.25, 0.3) is 0 Å². The minimum absolute atomic E-state index is 0.0713. The van der Waals surface area contributed by atoms with Gasteiger partial charge in [0.1, 0.15) is 0 Å². The molecular weight excluding hydrogens is 164 g/mol. The molecule has 1 aromatic heterocycles. The van der Waals surface area contributed by atoms with Crippen LogP contribution in [0.15, 0.2) is 6.07 Å². The van der Waals surface area contributed by atoms with E-state index in [0.29, 0.717) is 11.3 Å². The summed E-state index contributed by atoms with van der Waals surface area (Å²) >= 11 is 0. The van der Waals surface area contributed by atoms with Gasteiger partial charge in [-0.25, -0.2) is 0 Å².